The number of piperidine rings is 1. The molecule has 0 radical (unpaired) electrons. The van der Waals surface area contributed by atoms with Crippen LogP contribution < -0.4 is 10.2 Å². The first-order valence-corrected chi connectivity index (χ1v) is 11.2. The molecule has 1 N–H and O–H groups in total. The van der Waals surface area contributed by atoms with Crippen molar-refractivity contribution in [3.63, 3.8) is 0 Å². The van der Waals surface area contributed by atoms with Crippen LogP contribution in [0, 0.1) is 5.92 Å². The molecular formula is C24H29N5O. The molecule has 5 rings (SSSR count). The van der Waals surface area contributed by atoms with Crippen LogP contribution in [-0.2, 0) is 4.79 Å². The first-order chi connectivity index (χ1) is 14.8. The molecule has 156 valence electrons. The van der Waals surface area contributed by atoms with Crippen LogP contribution in [0.1, 0.15) is 44.6 Å². The van der Waals surface area contributed by atoms with E-state index in [1.807, 2.05) is 30.6 Å². The molecule has 0 bridgehead atoms. The van der Waals surface area contributed by atoms with Crippen molar-refractivity contribution < 1.29 is 4.79 Å². The second-order valence-electron chi connectivity index (χ2n) is 8.63. The third kappa shape index (κ3) is 3.91. The summed E-state index contributed by atoms with van der Waals surface area (Å²) in [7, 11) is 0. The monoisotopic (exact) mass is 403 g/mol. The molecule has 1 amide bonds. The van der Waals surface area contributed by atoms with Crippen LogP contribution in [0.2, 0.25) is 0 Å². The van der Waals surface area contributed by atoms with Gasteiger partial charge in [-0.25, -0.2) is 9.97 Å². The van der Waals surface area contributed by atoms with E-state index in [2.05, 4.69) is 49.1 Å². The lowest BCUT2D eigenvalue weighted by molar-refractivity contribution is -0.126. The molecule has 1 saturated carbocycles. The van der Waals surface area contributed by atoms with E-state index in [1.165, 1.54) is 5.56 Å². The van der Waals surface area contributed by atoms with Crippen molar-refractivity contribution in [1.82, 2.24) is 19.9 Å². The van der Waals surface area contributed by atoms with E-state index in [0.29, 0.717) is 6.04 Å². The predicted molar refractivity (Wildman–Crippen MR) is 117 cm³/mol. The summed E-state index contributed by atoms with van der Waals surface area (Å²) >= 11 is 0. The zero-order valence-corrected chi connectivity index (χ0v) is 17.3. The van der Waals surface area contributed by atoms with E-state index in [4.69, 9.17) is 0 Å². The summed E-state index contributed by atoms with van der Waals surface area (Å²) in [5, 5.41) is 3.35. The molecule has 0 aromatic carbocycles. The van der Waals surface area contributed by atoms with E-state index >= 15 is 0 Å². The second kappa shape index (κ2) is 8.46. The van der Waals surface area contributed by atoms with Gasteiger partial charge in [-0.05, 0) is 68.9 Å². The van der Waals surface area contributed by atoms with Gasteiger partial charge >= 0.3 is 0 Å². The van der Waals surface area contributed by atoms with Gasteiger partial charge in [0.05, 0.1) is 5.92 Å². The van der Waals surface area contributed by atoms with Crippen LogP contribution in [0.25, 0.3) is 11.4 Å². The zero-order valence-electron chi connectivity index (χ0n) is 17.3. The van der Waals surface area contributed by atoms with Gasteiger partial charge in [0.25, 0.3) is 0 Å². The SMILES string of the molecule is O=C(NC1CCC(n2cccc3ccnc2-3)CC1)C1CCCN(c2ccccn2)C1. The number of aromatic nitrogens is 3. The lowest BCUT2D eigenvalue weighted by Gasteiger charge is -2.35. The van der Waals surface area contributed by atoms with E-state index < -0.39 is 0 Å². The molecule has 1 atom stereocenters. The summed E-state index contributed by atoms with van der Waals surface area (Å²) in [5.74, 6) is 2.31. The van der Waals surface area contributed by atoms with Crippen LogP contribution in [-0.4, -0.2) is 39.6 Å². The first-order valence-electron chi connectivity index (χ1n) is 11.2. The van der Waals surface area contributed by atoms with Crippen LogP contribution >= 0.6 is 0 Å². The van der Waals surface area contributed by atoms with Gasteiger partial charge in [-0.2, -0.15) is 0 Å². The normalized spacial score (nSPS) is 24.7. The van der Waals surface area contributed by atoms with Crippen LogP contribution in [0.3, 0.4) is 0 Å². The third-order valence-electron chi connectivity index (χ3n) is 6.68. The van der Waals surface area contributed by atoms with E-state index in [-0.39, 0.29) is 17.9 Å². The molecule has 6 heteroatoms. The predicted octanol–water partition coefficient (Wildman–Crippen LogP) is 3.90. The molecule has 6 nitrogen and oxygen atoms in total. The summed E-state index contributed by atoms with van der Waals surface area (Å²) in [6, 6.07) is 13.0. The Labute approximate surface area is 177 Å². The van der Waals surface area contributed by atoms with Crippen molar-refractivity contribution in [2.75, 3.05) is 18.0 Å². The lowest BCUT2D eigenvalue weighted by atomic mass is 9.89. The van der Waals surface area contributed by atoms with Crippen molar-refractivity contribution >= 4 is 11.7 Å². The van der Waals surface area contributed by atoms with Gasteiger partial charge in [0.1, 0.15) is 11.6 Å². The maximum atomic E-state index is 13.0. The largest absolute Gasteiger partial charge is 0.356 e. The number of anilines is 1. The second-order valence-corrected chi connectivity index (χ2v) is 8.63. The average molecular weight is 404 g/mol. The highest BCUT2D eigenvalue weighted by atomic mass is 16.2. The van der Waals surface area contributed by atoms with Gasteiger partial charge in [0, 0.05) is 49.3 Å². The summed E-state index contributed by atoms with van der Waals surface area (Å²) in [6.07, 6.45) is 12.0. The number of nitrogens with zero attached hydrogens (tertiary/aromatic N) is 4. The summed E-state index contributed by atoms with van der Waals surface area (Å²) in [4.78, 5) is 24.2. The fourth-order valence-electron chi connectivity index (χ4n) is 5.05. The number of nitrogens with one attached hydrogen (secondary N) is 1. The Hall–Kier alpha value is -2.89. The van der Waals surface area contributed by atoms with Crippen LogP contribution in [0.15, 0.2) is 55.0 Å². The highest BCUT2D eigenvalue weighted by molar-refractivity contribution is 5.79. The number of hydrogen-bond donors (Lipinski definition) is 1. The molecular weight excluding hydrogens is 374 g/mol. The van der Waals surface area contributed by atoms with Gasteiger partial charge < -0.3 is 14.8 Å². The minimum atomic E-state index is 0.0510. The first kappa shape index (κ1) is 19.1. The number of pyridine rings is 2. The van der Waals surface area contributed by atoms with Crippen molar-refractivity contribution in [2.24, 2.45) is 5.92 Å². The van der Waals surface area contributed by atoms with E-state index in [9.17, 15) is 4.79 Å². The smallest absolute Gasteiger partial charge is 0.225 e. The van der Waals surface area contributed by atoms with Gasteiger partial charge in [0.15, 0.2) is 0 Å². The molecule has 1 unspecified atom stereocenters. The van der Waals surface area contributed by atoms with Crippen molar-refractivity contribution in [3.05, 3.63) is 55.0 Å². The average Bonchev–Trinajstić information content (AvgIpc) is 3.29. The third-order valence-corrected chi connectivity index (χ3v) is 6.68. The molecule has 30 heavy (non-hydrogen) atoms. The minimum absolute atomic E-state index is 0.0510. The molecule has 1 saturated heterocycles. The maximum Gasteiger partial charge on any atom is 0.225 e. The number of hydrogen-bond acceptors (Lipinski definition) is 4. The Balaban J connectivity index is 1.16. The van der Waals surface area contributed by atoms with Gasteiger partial charge in [-0.1, -0.05) is 6.07 Å². The van der Waals surface area contributed by atoms with Crippen molar-refractivity contribution in [3.8, 4) is 11.4 Å². The highest BCUT2D eigenvalue weighted by Crippen LogP contribution is 2.33. The molecule has 1 aliphatic carbocycles. The Kier molecular flexibility index (Phi) is 5.39. The van der Waals surface area contributed by atoms with E-state index in [0.717, 1.165) is 63.3 Å². The quantitative estimate of drug-likeness (QED) is 0.718. The number of rotatable bonds is 4. The van der Waals surface area contributed by atoms with Crippen molar-refractivity contribution in [2.45, 2.75) is 50.6 Å². The Bertz CT molecular complexity index is 947. The fraction of sp³-hybridized carbons (Fsp3) is 0.458. The molecule has 3 aliphatic heterocycles. The fourth-order valence-corrected chi connectivity index (χ4v) is 5.05. The molecule has 1 aromatic heterocycles. The standard InChI is InChI=1S/C24H29N5O/c30-24(19-6-3-15-28(17-19)22-7-1-2-13-25-22)27-20-8-10-21(11-9-20)29-16-4-5-18-12-14-26-23(18)29/h1-2,4-5,7,12-14,16,19-21H,3,6,8-11,15,17H2,(H,27,30). The minimum Gasteiger partial charge on any atom is -0.356 e. The topological polar surface area (TPSA) is 63.1 Å². The van der Waals surface area contributed by atoms with E-state index in [1.54, 1.807) is 0 Å². The molecule has 2 fully saturated rings. The number of amides is 1. The number of carbonyl (C=O) groups is 1. The Morgan fingerprint density at radius 2 is 1.87 bits per heavy atom. The number of fused-ring (bicyclic) bond motifs is 1. The highest BCUT2D eigenvalue weighted by Gasteiger charge is 2.30. The van der Waals surface area contributed by atoms with Gasteiger partial charge in [0.2, 0.25) is 5.91 Å². The van der Waals surface area contributed by atoms with Crippen LogP contribution in [0.5, 0.6) is 0 Å². The molecule has 1 aromatic rings. The molecule has 0 spiro atoms. The Morgan fingerprint density at radius 1 is 0.967 bits per heavy atom. The number of carbonyl (C=O) groups excluding carboxylic acids is 1. The van der Waals surface area contributed by atoms with Crippen LogP contribution in [0.4, 0.5) is 5.82 Å². The molecule has 4 aliphatic rings. The van der Waals surface area contributed by atoms with Gasteiger partial charge in [-0.15, -0.1) is 0 Å². The zero-order chi connectivity index (χ0) is 20.3. The van der Waals surface area contributed by atoms with Crippen molar-refractivity contribution in [1.29, 1.82) is 0 Å². The van der Waals surface area contributed by atoms with Gasteiger partial charge in [-0.3, -0.25) is 4.79 Å². The summed E-state index contributed by atoms with van der Waals surface area (Å²) in [6.45, 7) is 1.74. The maximum absolute atomic E-state index is 13.0. The molecule has 4 heterocycles. The summed E-state index contributed by atoms with van der Waals surface area (Å²) < 4.78 is 2.32. The summed E-state index contributed by atoms with van der Waals surface area (Å²) in [5.41, 5.74) is 1.20. The lowest BCUT2D eigenvalue weighted by Crippen LogP contribution is -2.47. The Morgan fingerprint density at radius 3 is 2.70 bits per heavy atom.